The molecule has 0 aliphatic heterocycles. The molecule has 0 spiro atoms. The van der Waals surface area contributed by atoms with Gasteiger partial charge in [-0.15, -0.1) is 0 Å². The fourth-order valence-corrected chi connectivity index (χ4v) is 1.24. The number of nitrogens with zero attached hydrogens (tertiary/aromatic N) is 2. The van der Waals surface area contributed by atoms with Crippen molar-refractivity contribution in [3.63, 3.8) is 0 Å². The van der Waals surface area contributed by atoms with Crippen LogP contribution in [0.25, 0.3) is 0 Å². The monoisotopic (exact) mass is 218 g/mol. The van der Waals surface area contributed by atoms with Crippen molar-refractivity contribution in [2.45, 2.75) is 6.73 Å². The fourth-order valence-electron chi connectivity index (χ4n) is 1.24. The van der Waals surface area contributed by atoms with Crippen LogP contribution < -0.4 is 4.74 Å². The lowest BCUT2D eigenvalue weighted by Crippen LogP contribution is -2.05. The molecular weight excluding hydrogens is 208 g/mol. The van der Waals surface area contributed by atoms with E-state index in [0.29, 0.717) is 5.75 Å². The molecule has 1 aromatic heterocycles. The Balaban J connectivity index is 2.04. The smallest absolute Gasteiger partial charge is 0.335 e. The summed E-state index contributed by atoms with van der Waals surface area (Å²) in [5.41, 5.74) is 0.206. The standard InChI is InChI=1S/C11H10N2O3/c14-11(15)9-3-1-4-10(7-9)16-8-13-6-2-5-12-13/h1-7H,8H2,(H,14,15). The van der Waals surface area contributed by atoms with Gasteiger partial charge >= 0.3 is 5.97 Å². The van der Waals surface area contributed by atoms with Gasteiger partial charge in [-0.2, -0.15) is 5.10 Å². The maximum absolute atomic E-state index is 10.7. The SMILES string of the molecule is O=C(O)c1cccc(OCn2cccn2)c1. The van der Waals surface area contributed by atoms with E-state index >= 15 is 0 Å². The van der Waals surface area contributed by atoms with E-state index in [9.17, 15) is 4.79 Å². The van der Waals surface area contributed by atoms with Gasteiger partial charge in [0.2, 0.25) is 0 Å². The van der Waals surface area contributed by atoms with Crippen LogP contribution in [-0.2, 0) is 6.73 Å². The van der Waals surface area contributed by atoms with Crippen LogP contribution in [0.1, 0.15) is 10.4 Å². The predicted molar refractivity (Wildman–Crippen MR) is 56.3 cm³/mol. The van der Waals surface area contributed by atoms with Crippen LogP contribution in [0.2, 0.25) is 0 Å². The second kappa shape index (κ2) is 4.48. The van der Waals surface area contributed by atoms with Gasteiger partial charge in [0.1, 0.15) is 5.75 Å². The highest BCUT2D eigenvalue weighted by molar-refractivity contribution is 5.87. The van der Waals surface area contributed by atoms with Crippen molar-refractivity contribution in [1.29, 1.82) is 0 Å². The Kier molecular flexibility index (Phi) is 2.86. The van der Waals surface area contributed by atoms with Crippen molar-refractivity contribution in [3.8, 4) is 5.75 Å². The number of ether oxygens (including phenoxy) is 1. The average molecular weight is 218 g/mol. The van der Waals surface area contributed by atoms with E-state index in [0.717, 1.165) is 0 Å². The van der Waals surface area contributed by atoms with Gasteiger partial charge in [0.25, 0.3) is 0 Å². The Hall–Kier alpha value is -2.30. The summed E-state index contributed by atoms with van der Waals surface area (Å²) in [6.45, 7) is 0.260. The number of aromatic nitrogens is 2. The third kappa shape index (κ3) is 2.38. The van der Waals surface area contributed by atoms with Crippen molar-refractivity contribution in [3.05, 3.63) is 48.3 Å². The summed E-state index contributed by atoms with van der Waals surface area (Å²) >= 11 is 0. The summed E-state index contributed by atoms with van der Waals surface area (Å²) in [4.78, 5) is 10.7. The predicted octanol–water partition coefficient (Wildman–Crippen LogP) is 1.62. The van der Waals surface area contributed by atoms with Crippen molar-refractivity contribution in [2.75, 3.05) is 0 Å². The molecule has 0 radical (unpaired) electrons. The quantitative estimate of drug-likeness (QED) is 0.846. The number of hydrogen-bond donors (Lipinski definition) is 1. The van der Waals surface area contributed by atoms with Crippen LogP contribution >= 0.6 is 0 Å². The molecule has 0 amide bonds. The lowest BCUT2D eigenvalue weighted by Gasteiger charge is -2.06. The Bertz CT molecular complexity index is 480. The number of carboxylic acids is 1. The zero-order valence-corrected chi connectivity index (χ0v) is 8.41. The number of hydrogen-bond acceptors (Lipinski definition) is 3. The maximum Gasteiger partial charge on any atom is 0.335 e. The van der Waals surface area contributed by atoms with Gasteiger partial charge in [0.05, 0.1) is 5.56 Å². The van der Waals surface area contributed by atoms with E-state index in [2.05, 4.69) is 5.10 Å². The molecule has 5 heteroatoms. The van der Waals surface area contributed by atoms with Gasteiger partial charge in [0, 0.05) is 12.4 Å². The first-order valence-electron chi connectivity index (χ1n) is 4.69. The summed E-state index contributed by atoms with van der Waals surface area (Å²) in [7, 11) is 0. The minimum absolute atomic E-state index is 0.206. The molecule has 1 heterocycles. The number of rotatable bonds is 4. The first kappa shape index (κ1) is 10.2. The second-order valence-corrected chi connectivity index (χ2v) is 3.15. The van der Waals surface area contributed by atoms with Gasteiger partial charge in [-0.25, -0.2) is 9.48 Å². The highest BCUT2D eigenvalue weighted by atomic mass is 16.5. The number of aromatic carboxylic acids is 1. The first-order chi connectivity index (χ1) is 7.75. The van der Waals surface area contributed by atoms with Crippen molar-refractivity contribution in [2.24, 2.45) is 0 Å². The van der Waals surface area contributed by atoms with Crippen LogP contribution in [0, 0.1) is 0 Å². The van der Waals surface area contributed by atoms with E-state index in [-0.39, 0.29) is 12.3 Å². The molecule has 0 aliphatic carbocycles. The molecule has 0 saturated carbocycles. The molecule has 2 aromatic rings. The molecular formula is C11H10N2O3. The van der Waals surface area contributed by atoms with Gasteiger partial charge in [-0.3, -0.25) is 0 Å². The Morgan fingerprint density at radius 1 is 1.44 bits per heavy atom. The number of benzene rings is 1. The Morgan fingerprint density at radius 2 is 2.31 bits per heavy atom. The average Bonchev–Trinajstić information content (AvgIpc) is 2.79. The minimum atomic E-state index is -0.968. The van der Waals surface area contributed by atoms with E-state index in [4.69, 9.17) is 9.84 Å². The molecule has 0 saturated heterocycles. The Labute approximate surface area is 91.9 Å². The highest BCUT2D eigenvalue weighted by Gasteiger charge is 2.03. The summed E-state index contributed by atoms with van der Waals surface area (Å²) < 4.78 is 6.98. The van der Waals surface area contributed by atoms with Crippen LogP contribution in [0.5, 0.6) is 5.75 Å². The Morgan fingerprint density at radius 3 is 3.00 bits per heavy atom. The van der Waals surface area contributed by atoms with Crippen molar-refractivity contribution >= 4 is 5.97 Å². The topological polar surface area (TPSA) is 64.3 Å². The molecule has 0 atom stereocenters. The van der Waals surface area contributed by atoms with Gasteiger partial charge in [-0.05, 0) is 24.3 Å². The lowest BCUT2D eigenvalue weighted by atomic mass is 10.2. The molecule has 2 rings (SSSR count). The fraction of sp³-hybridized carbons (Fsp3) is 0.0909. The maximum atomic E-state index is 10.7. The highest BCUT2D eigenvalue weighted by Crippen LogP contribution is 2.13. The number of carbonyl (C=O) groups is 1. The number of carboxylic acid groups (broad SMARTS) is 1. The third-order valence-corrected chi connectivity index (χ3v) is 2.00. The summed E-state index contributed by atoms with van der Waals surface area (Å²) in [5, 5.41) is 12.8. The summed E-state index contributed by atoms with van der Waals surface area (Å²) in [6.07, 6.45) is 3.41. The van der Waals surface area contributed by atoms with E-state index in [1.165, 1.54) is 12.1 Å². The van der Waals surface area contributed by atoms with Gasteiger partial charge in [0.15, 0.2) is 6.73 Å². The molecule has 0 unspecified atom stereocenters. The van der Waals surface area contributed by atoms with Crippen LogP contribution in [0.4, 0.5) is 0 Å². The van der Waals surface area contributed by atoms with Crippen molar-refractivity contribution in [1.82, 2.24) is 9.78 Å². The molecule has 0 fully saturated rings. The second-order valence-electron chi connectivity index (χ2n) is 3.15. The zero-order valence-electron chi connectivity index (χ0n) is 8.41. The minimum Gasteiger partial charge on any atom is -0.478 e. The first-order valence-corrected chi connectivity index (χ1v) is 4.69. The lowest BCUT2D eigenvalue weighted by molar-refractivity contribution is 0.0696. The van der Waals surface area contributed by atoms with E-state index in [1.54, 1.807) is 35.3 Å². The van der Waals surface area contributed by atoms with E-state index in [1.807, 2.05) is 0 Å². The van der Waals surface area contributed by atoms with Gasteiger partial charge in [-0.1, -0.05) is 6.07 Å². The largest absolute Gasteiger partial charge is 0.478 e. The van der Waals surface area contributed by atoms with Crippen LogP contribution in [-0.4, -0.2) is 20.9 Å². The van der Waals surface area contributed by atoms with Gasteiger partial charge < -0.3 is 9.84 Å². The van der Waals surface area contributed by atoms with Crippen molar-refractivity contribution < 1.29 is 14.6 Å². The summed E-state index contributed by atoms with van der Waals surface area (Å²) in [5.74, 6) is -0.458. The van der Waals surface area contributed by atoms with Crippen LogP contribution in [0.15, 0.2) is 42.7 Å². The summed E-state index contributed by atoms with van der Waals surface area (Å²) in [6, 6.07) is 8.13. The molecule has 0 bridgehead atoms. The molecule has 0 aliphatic rings. The molecule has 16 heavy (non-hydrogen) atoms. The van der Waals surface area contributed by atoms with Crippen LogP contribution in [0.3, 0.4) is 0 Å². The zero-order chi connectivity index (χ0) is 11.4. The molecule has 5 nitrogen and oxygen atoms in total. The third-order valence-electron chi connectivity index (χ3n) is 2.00. The van der Waals surface area contributed by atoms with E-state index < -0.39 is 5.97 Å². The molecule has 1 aromatic carbocycles. The normalized spacial score (nSPS) is 10.0. The molecule has 82 valence electrons. The molecule has 1 N–H and O–H groups in total.